The maximum Gasteiger partial charge on any atom is 0.326 e. The van der Waals surface area contributed by atoms with E-state index in [4.69, 9.17) is 0 Å². The number of urea groups is 1. The molecule has 0 saturated carbocycles. The molecule has 2 atom stereocenters. The number of nitrogens with zero attached hydrogens (tertiary/aromatic N) is 3. The van der Waals surface area contributed by atoms with Gasteiger partial charge in [-0.25, -0.2) is 9.59 Å². The van der Waals surface area contributed by atoms with Crippen LogP contribution in [0.5, 0.6) is 0 Å². The summed E-state index contributed by atoms with van der Waals surface area (Å²) in [6.07, 6.45) is 4.31. The van der Waals surface area contributed by atoms with Gasteiger partial charge in [0.15, 0.2) is 0 Å². The average molecular weight is 297 g/mol. The fraction of sp³-hybridized carbons (Fsp3) is 0.867. The van der Waals surface area contributed by atoms with Gasteiger partial charge in [-0.05, 0) is 39.8 Å². The highest BCUT2D eigenvalue weighted by molar-refractivity contribution is 5.83. The molecule has 0 bridgehead atoms. The highest BCUT2D eigenvalue weighted by atomic mass is 16.4. The van der Waals surface area contributed by atoms with Crippen molar-refractivity contribution in [1.82, 2.24) is 14.7 Å². The van der Waals surface area contributed by atoms with Crippen LogP contribution in [0.3, 0.4) is 0 Å². The Morgan fingerprint density at radius 2 is 1.71 bits per heavy atom. The molecule has 21 heavy (non-hydrogen) atoms. The van der Waals surface area contributed by atoms with Crippen LogP contribution in [0.4, 0.5) is 4.79 Å². The van der Waals surface area contributed by atoms with Crippen LogP contribution in [0.15, 0.2) is 0 Å². The number of hydrogen-bond acceptors (Lipinski definition) is 3. The van der Waals surface area contributed by atoms with Crippen LogP contribution in [-0.2, 0) is 4.79 Å². The van der Waals surface area contributed by atoms with Gasteiger partial charge in [0.2, 0.25) is 0 Å². The molecule has 2 amide bonds. The summed E-state index contributed by atoms with van der Waals surface area (Å²) in [5, 5.41) is 9.42. The lowest BCUT2D eigenvalue weighted by Crippen LogP contribution is -2.54. The first-order chi connectivity index (χ1) is 10.0. The second kappa shape index (κ2) is 7.11. The van der Waals surface area contributed by atoms with Gasteiger partial charge in [-0.15, -0.1) is 0 Å². The number of carbonyl (C=O) groups excluding carboxylic acids is 1. The first kappa shape index (κ1) is 16.1. The molecule has 6 heteroatoms. The van der Waals surface area contributed by atoms with Crippen molar-refractivity contribution in [1.29, 1.82) is 0 Å². The third kappa shape index (κ3) is 3.87. The van der Waals surface area contributed by atoms with Crippen LogP contribution in [0.1, 0.15) is 39.0 Å². The lowest BCUT2D eigenvalue weighted by Gasteiger charge is -2.35. The van der Waals surface area contributed by atoms with Crippen LogP contribution >= 0.6 is 0 Å². The van der Waals surface area contributed by atoms with Gasteiger partial charge >= 0.3 is 12.0 Å². The normalized spacial score (nSPS) is 28.9. The molecular weight excluding hydrogens is 270 g/mol. The number of rotatable bonds is 1. The minimum Gasteiger partial charge on any atom is -0.480 e. The Hall–Kier alpha value is -1.30. The maximum absolute atomic E-state index is 12.9. The Labute approximate surface area is 126 Å². The van der Waals surface area contributed by atoms with E-state index in [0.29, 0.717) is 19.5 Å². The number of amides is 2. The van der Waals surface area contributed by atoms with Gasteiger partial charge < -0.3 is 19.8 Å². The minimum atomic E-state index is -0.871. The molecule has 0 aromatic rings. The molecule has 2 aliphatic heterocycles. The number of likely N-dealkylation sites (N-methyl/N-ethyl adjacent to an activating group) is 1. The summed E-state index contributed by atoms with van der Waals surface area (Å²) in [5.74, 6) is -0.871. The molecule has 2 unspecified atom stereocenters. The van der Waals surface area contributed by atoms with E-state index in [1.807, 2.05) is 11.8 Å². The van der Waals surface area contributed by atoms with Crippen molar-refractivity contribution in [2.75, 3.05) is 33.2 Å². The molecule has 120 valence electrons. The van der Waals surface area contributed by atoms with Crippen molar-refractivity contribution >= 4 is 12.0 Å². The third-order valence-corrected chi connectivity index (χ3v) is 4.58. The SMILES string of the molecule is CC1CN(C)CCCN1C(=O)N1CCCCCC1C(=O)O. The first-order valence-corrected chi connectivity index (χ1v) is 7.99. The smallest absolute Gasteiger partial charge is 0.326 e. The number of carboxylic acid groups (broad SMARTS) is 1. The Morgan fingerprint density at radius 3 is 2.43 bits per heavy atom. The summed E-state index contributed by atoms with van der Waals surface area (Å²) in [4.78, 5) is 30.0. The highest BCUT2D eigenvalue weighted by Gasteiger charge is 2.35. The van der Waals surface area contributed by atoms with Crippen LogP contribution in [0.25, 0.3) is 0 Å². The Balaban J connectivity index is 2.13. The average Bonchev–Trinajstić information content (AvgIpc) is 2.76. The molecule has 0 spiro atoms. The number of aliphatic carboxylic acids is 1. The lowest BCUT2D eigenvalue weighted by molar-refractivity contribution is -0.142. The molecule has 0 radical (unpaired) electrons. The van der Waals surface area contributed by atoms with E-state index in [2.05, 4.69) is 11.9 Å². The standard InChI is InChI=1S/C15H27N3O3/c1-12-11-16(2)8-6-10-17(12)15(21)18-9-5-3-4-7-13(18)14(19)20/h12-13H,3-11H2,1-2H3,(H,19,20). The molecule has 2 aliphatic rings. The predicted octanol–water partition coefficient (Wildman–Crippen LogP) is 1.46. The van der Waals surface area contributed by atoms with E-state index in [1.165, 1.54) is 0 Å². The third-order valence-electron chi connectivity index (χ3n) is 4.58. The van der Waals surface area contributed by atoms with Crippen molar-refractivity contribution < 1.29 is 14.7 Å². The molecule has 2 saturated heterocycles. The van der Waals surface area contributed by atoms with Crippen molar-refractivity contribution in [2.45, 2.75) is 51.1 Å². The van der Waals surface area contributed by atoms with Crippen molar-refractivity contribution in [2.24, 2.45) is 0 Å². The van der Waals surface area contributed by atoms with E-state index in [-0.39, 0.29) is 12.1 Å². The fourth-order valence-corrected chi connectivity index (χ4v) is 3.42. The maximum atomic E-state index is 12.9. The topological polar surface area (TPSA) is 64.1 Å². The zero-order valence-electron chi connectivity index (χ0n) is 13.1. The van der Waals surface area contributed by atoms with E-state index < -0.39 is 12.0 Å². The highest BCUT2D eigenvalue weighted by Crippen LogP contribution is 2.20. The van der Waals surface area contributed by atoms with Crippen LogP contribution in [-0.4, -0.2) is 77.1 Å². The molecule has 0 aromatic carbocycles. The molecule has 2 rings (SSSR count). The summed E-state index contributed by atoms with van der Waals surface area (Å²) >= 11 is 0. The van der Waals surface area contributed by atoms with E-state index >= 15 is 0 Å². The van der Waals surface area contributed by atoms with Crippen molar-refractivity contribution in [3.63, 3.8) is 0 Å². The predicted molar refractivity (Wildman–Crippen MR) is 80.3 cm³/mol. The lowest BCUT2D eigenvalue weighted by atomic mass is 10.1. The summed E-state index contributed by atoms with van der Waals surface area (Å²) in [5.41, 5.74) is 0. The molecule has 2 heterocycles. The molecular formula is C15H27N3O3. The Morgan fingerprint density at radius 1 is 1.00 bits per heavy atom. The summed E-state index contributed by atoms with van der Waals surface area (Å²) in [6, 6.07) is -0.622. The van der Waals surface area contributed by atoms with Gasteiger partial charge in [0.1, 0.15) is 6.04 Å². The van der Waals surface area contributed by atoms with Gasteiger partial charge in [-0.1, -0.05) is 12.8 Å². The zero-order valence-corrected chi connectivity index (χ0v) is 13.1. The summed E-state index contributed by atoms with van der Waals surface area (Å²) in [6.45, 7) is 5.16. The van der Waals surface area contributed by atoms with E-state index in [9.17, 15) is 14.7 Å². The number of carboxylic acids is 1. The molecule has 1 N–H and O–H groups in total. The number of carbonyl (C=O) groups is 2. The largest absolute Gasteiger partial charge is 0.480 e. The van der Waals surface area contributed by atoms with E-state index in [0.717, 1.165) is 38.8 Å². The van der Waals surface area contributed by atoms with Crippen molar-refractivity contribution in [3.05, 3.63) is 0 Å². The van der Waals surface area contributed by atoms with Crippen LogP contribution in [0.2, 0.25) is 0 Å². The quantitative estimate of drug-likeness (QED) is 0.796. The molecule has 2 fully saturated rings. The van der Waals surface area contributed by atoms with Crippen LogP contribution in [0, 0.1) is 0 Å². The summed E-state index contributed by atoms with van der Waals surface area (Å²) in [7, 11) is 2.07. The van der Waals surface area contributed by atoms with Gasteiger partial charge in [-0.3, -0.25) is 0 Å². The monoisotopic (exact) mass is 297 g/mol. The van der Waals surface area contributed by atoms with Gasteiger partial charge in [0.05, 0.1) is 0 Å². The number of hydrogen-bond donors (Lipinski definition) is 1. The fourth-order valence-electron chi connectivity index (χ4n) is 3.42. The second-order valence-electron chi connectivity index (χ2n) is 6.34. The molecule has 6 nitrogen and oxygen atoms in total. The first-order valence-electron chi connectivity index (χ1n) is 7.99. The summed E-state index contributed by atoms with van der Waals surface area (Å²) < 4.78 is 0. The second-order valence-corrected chi connectivity index (χ2v) is 6.34. The van der Waals surface area contributed by atoms with Crippen molar-refractivity contribution in [3.8, 4) is 0 Å². The zero-order chi connectivity index (χ0) is 15.4. The van der Waals surface area contributed by atoms with E-state index in [1.54, 1.807) is 4.90 Å². The van der Waals surface area contributed by atoms with Crippen LogP contribution < -0.4 is 0 Å². The molecule has 0 aromatic heterocycles. The Kier molecular flexibility index (Phi) is 5.45. The van der Waals surface area contributed by atoms with Gasteiger partial charge in [0, 0.05) is 25.7 Å². The molecule has 0 aliphatic carbocycles. The minimum absolute atomic E-state index is 0.0906. The van der Waals surface area contributed by atoms with Gasteiger partial charge in [-0.2, -0.15) is 0 Å². The Bertz CT molecular complexity index is 388. The number of likely N-dealkylation sites (tertiary alicyclic amines) is 1. The van der Waals surface area contributed by atoms with Gasteiger partial charge in [0.25, 0.3) is 0 Å².